The summed E-state index contributed by atoms with van der Waals surface area (Å²) in [6, 6.07) is 14.5. The Morgan fingerprint density at radius 2 is 1.66 bits per heavy atom. The molecule has 0 atom stereocenters. The summed E-state index contributed by atoms with van der Waals surface area (Å²) in [5.74, 6) is 0.544. The summed E-state index contributed by atoms with van der Waals surface area (Å²) in [5, 5.41) is 5.61. The summed E-state index contributed by atoms with van der Waals surface area (Å²) >= 11 is 0. The molecule has 7 heteroatoms. The van der Waals surface area contributed by atoms with Crippen LogP contribution in [0.1, 0.15) is 31.8 Å². The third-order valence-electron chi connectivity index (χ3n) is 4.47. The van der Waals surface area contributed by atoms with Gasteiger partial charge in [-0.25, -0.2) is 0 Å². The second-order valence-electron chi connectivity index (χ2n) is 6.65. The number of benzene rings is 2. The molecule has 1 aliphatic rings. The van der Waals surface area contributed by atoms with Crippen molar-refractivity contribution in [3.8, 4) is 11.5 Å². The van der Waals surface area contributed by atoms with Gasteiger partial charge >= 0.3 is 0 Å². The van der Waals surface area contributed by atoms with Crippen LogP contribution < -0.4 is 20.1 Å². The molecule has 0 fully saturated rings. The smallest absolute Gasteiger partial charge is 0.257 e. The van der Waals surface area contributed by atoms with Crippen molar-refractivity contribution < 1.29 is 19.1 Å². The Morgan fingerprint density at radius 3 is 2.45 bits per heavy atom. The Kier molecular flexibility index (Phi) is 5.11. The van der Waals surface area contributed by atoms with E-state index < -0.39 is 0 Å². The lowest BCUT2D eigenvalue weighted by molar-refractivity contribution is 0.0950. The van der Waals surface area contributed by atoms with Crippen molar-refractivity contribution in [2.24, 2.45) is 0 Å². The highest BCUT2D eigenvalue weighted by atomic mass is 16.7. The number of pyridine rings is 1. The third-order valence-corrected chi connectivity index (χ3v) is 4.47. The highest BCUT2D eigenvalue weighted by molar-refractivity contribution is 6.06. The molecule has 7 nitrogen and oxygen atoms in total. The molecule has 2 N–H and O–H groups in total. The number of aryl methyl sites for hydroxylation is 1. The fourth-order valence-electron chi connectivity index (χ4n) is 2.86. The van der Waals surface area contributed by atoms with Crippen molar-refractivity contribution in [3.05, 3.63) is 83.2 Å². The van der Waals surface area contributed by atoms with Crippen LogP contribution in [-0.2, 0) is 6.54 Å². The summed E-state index contributed by atoms with van der Waals surface area (Å²) < 4.78 is 10.6. The van der Waals surface area contributed by atoms with E-state index in [0.29, 0.717) is 29.3 Å². The average Bonchev–Trinajstić information content (AvgIpc) is 3.21. The van der Waals surface area contributed by atoms with Gasteiger partial charge in [-0.1, -0.05) is 29.8 Å². The van der Waals surface area contributed by atoms with Crippen LogP contribution >= 0.6 is 0 Å². The number of carbonyl (C=O) groups is 2. The van der Waals surface area contributed by atoms with Gasteiger partial charge in [-0.15, -0.1) is 0 Å². The molecule has 1 aliphatic heterocycles. The topological polar surface area (TPSA) is 89.6 Å². The first-order chi connectivity index (χ1) is 14.1. The quantitative estimate of drug-likeness (QED) is 0.699. The van der Waals surface area contributed by atoms with E-state index >= 15 is 0 Å². The molecule has 0 unspecified atom stereocenters. The van der Waals surface area contributed by atoms with E-state index in [9.17, 15) is 9.59 Å². The van der Waals surface area contributed by atoms with Gasteiger partial charge in [0.1, 0.15) is 0 Å². The predicted octanol–water partition coefficient (Wildman–Crippen LogP) is 3.30. The van der Waals surface area contributed by atoms with Gasteiger partial charge in [0.25, 0.3) is 11.8 Å². The molecule has 3 aromatic rings. The molecule has 29 heavy (non-hydrogen) atoms. The molecule has 2 amide bonds. The highest BCUT2D eigenvalue weighted by Gasteiger charge is 2.16. The maximum absolute atomic E-state index is 12.5. The number of nitrogens with one attached hydrogen (secondary N) is 2. The van der Waals surface area contributed by atoms with Gasteiger partial charge in [-0.2, -0.15) is 0 Å². The lowest BCUT2D eigenvalue weighted by Gasteiger charge is -2.08. The minimum Gasteiger partial charge on any atom is -0.454 e. The zero-order valence-electron chi connectivity index (χ0n) is 15.8. The Hall–Kier alpha value is -3.87. The molecule has 0 spiro atoms. The molecule has 4 rings (SSSR count). The first kappa shape index (κ1) is 18.5. The van der Waals surface area contributed by atoms with E-state index in [-0.39, 0.29) is 24.2 Å². The number of fused-ring (bicyclic) bond motifs is 1. The molecule has 0 saturated heterocycles. The van der Waals surface area contributed by atoms with Crippen LogP contribution in [0.4, 0.5) is 5.69 Å². The molecule has 0 aliphatic carbocycles. The largest absolute Gasteiger partial charge is 0.454 e. The minimum absolute atomic E-state index is 0.163. The van der Waals surface area contributed by atoms with Crippen molar-refractivity contribution in [2.75, 3.05) is 12.1 Å². The number of hydrogen-bond acceptors (Lipinski definition) is 5. The van der Waals surface area contributed by atoms with Gasteiger partial charge in [0.15, 0.2) is 11.5 Å². The number of nitrogens with zero attached hydrogens (tertiary/aromatic N) is 1. The first-order valence-corrected chi connectivity index (χ1v) is 9.08. The summed E-state index contributed by atoms with van der Waals surface area (Å²) in [5.41, 5.74) is 3.31. The third kappa shape index (κ3) is 4.35. The van der Waals surface area contributed by atoms with Gasteiger partial charge < -0.3 is 20.1 Å². The summed E-state index contributed by atoms with van der Waals surface area (Å²) in [4.78, 5) is 29.0. The summed E-state index contributed by atoms with van der Waals surface area (Å²) in [6.07, 6.45) is 2.85. The van der Waals surface area contributed by atoms with E-state index in [1.165, 1.54) is 18.5 Å². The van der Waals surface area contributed by atoms with Crippen molar-refractivity contribution in [2.45, 2.75) is 13.5 Å². The Morgan fingerprint density at radius 1 is 0.931 bits per heavy atom. The Labute approximate surface area is 167 Å². The standard InChI is InChI=1S/C22H19N3O4/c1-14-2-4-15(5-3-14)10-24-21(26)16-8-17(12-23-11-16)22(27)25-18-6-7-19-20(9-18)29-13-28-19/h2-9,11-12H,10,13H2,1H3,(H,24,26)(H,25,27). The van der Waals surface area contributed by atoms with Crippen LogP contribution in [0.15, 0.2) is 60.9 Å². The van der Waals surface area contributed by atoms with Crippen LogP contribution in [0.25, 0.3) is 0 Å². The number of ether oxygens (including phenoxy) is 2. The van der Waals surface area contributed by atoms with E-state index in [1.54, 1.807) is 18.2 Å². The normalized spacial score (nSPS) is 11.8. The highest BCUT2D eigenvalue weighted by Crippen LogP contribution is 2.34. The van der Waals surface area contributed by atoms with Crippen LogP contribution in [0, 0.1) is 6.92 Å². The lowest BCUT2D eigenvalue weighted by atomic mass is 10.1. The number of rotatable bonds is 5. The van der Waals surface area contributed by atoms with Crippen molar-refractivity contribution >= 4 is 17.5 Å². The monoisotopic (exact) mass is 389 g/mol. The fourth-order valence-corrected chi connectivity index (χ4v) is 2.86. The van der Waals surface area contributed by atoms with Gasteiger partial charge in [0.2, 0.25) is 6.79 Å². The van der Waals surface area contributed by atoms with Gasteiger partial charge in [0, 0.05) is 30.7 Å². The minimum atomic E-state index is -0.371. The first-order valence-electron chi connectivity index (χ1n) is 9.08. The van der Waals surface area contributed by atoms with Gasteiger partial charge in [-0.05, 0) is 30.7 Å². The second-order valence-corrected chi connectivity index (χ2v) is 6.65. The molecular formula is C22H19N3O4. The maximum atomic E-state index is 12.5. The zero-order valence-corrected chi connectivity index (χ0v) is 15.8. The summed E-state index contributed by atoms with van der Waals surface area (Å²) in [6.45, 7) is 2.57. The SMILES string of the molecule is Cc1ccc(CNC(=O)c2cncc(C(=O)Nc3ccc4c(c3)OCO4)c2)cc1. The van der Waals surface area contributed by atoms with Crippen LogP contribution in [-0.4, -0.2) is 23.6 Å². The predicted molar refractivity (Wildman–Crippen MR) is 107 cm³/mol. The molecule has 0 radical (unpaired) electrons. The van der Waals surface area contributed by atoms with E-state index in [0.717, 1.165) is 11.1 Å². The van der Waals surface area contributed by atoms with Crippen LogP contribution in [0.3, 0.4) is 0 Å². The Balaban J connectivity index is 1.41. The van der Waals surface area contributed by atoms with Crippen molar-refractivity contribution in [1.29, 1.82) is 0 Å². The molecule has 146 valence electrons. The Bertz CT molecular complexity index is 1060. The van der Waals surface area contributed by atoms with Crippen molar-refractivity contribution in [1.82, 2.24) is 10.3 Å². The van der Waals surface area contributed by atoms with Crippen LogP contribution in [0.2, 0.25) is 0 Å². The number of hydrogen-bond donors (Lipinski definition) is 2. The number of carbonyl (C=O) groups excluding carboxylic acids is 2. The van der Waals surface area contributed by atoms with E-state index in [4.69, 9.17) is 9.47 Å². The zero-order chi connectivity index (χ0) is 20.2. The average molecular weight is 389 g/mol. The molecule has 1 aromatic heterocycles. The maximum Gasteiger partial charge on any atom is 0.257 e. The van der Waals surface area contributed by atoms with Gasteiger partial charge in [-0.3, -0.25) is 14.6 Å². The number of anilines is 1. The molecular weight excluding hydrogens is 370 g/mol. The molecule has 0 bridgehead atoms. The number of aromatic nitrogens is 1. The lowest BCUT2D eigenvalue weighted by Crippen LogP contribution is -2.23. The van der Waals surface area contributed by atoms with Crippen LogP contribution in [0.5, 0.6) is 11.5 Å². The summed E-state index contributed by atoms with van der Waals surface area (Å²) in [7, 11) is 0. The number of amides is 2. The van der Waals surface area contributed by atoms with E-state index in [2.05, 4.69) is 15.6 Å². The second kappa shape index (κ2) is 8.02. The fraction of sp³-hybridized carbons (Fsp3) is 0.136. The molecule has 0 saturated carbocycles. The van der Waals surface area contributed by atoms with Crippen molar-refractivity contribution in [3.63, 3.8) is 0 Å². The van der Waals surface area contributed by atoms with Gasteiger partial charge in [0.05, 0.1) is 11.1 Å². The molecule has 2 heterocycles. The molecule has 2 aromatic carbocycles. The van der Waals surface area contributed by atoms with E-state index in [1.807, 2.05) is 31.2 Å².